The third kappa shape index (κ3) is 5.05. The van der Waals surface area contributed by atoms with Gasteiger partial charge in [-0.2, -0.15) is 0 Å². The van der Waals surface area contributed by atoms with Crippen molar-refractivity contribution in [3.63, 3.8) is 0 Å². The number of hydrogen-bond acceptors (Lipinski definition) is 3. The molecule has 4 nitrogen and oxygen atoms in total. The fraction of sp³-hybridized carbons (Fsp3) is 0.381. The van der Waals surface area contributed by atoms with Crippen molar-refractivity contribution in [2.45, 2.75) is 31.8 Å². The van der Waals surface area contributed by atoms with Crippen molar-refractivity contribution in [2.24, 2.45) is 0 Å². The summed E-state index contributed by atoms with van der Waals surface area (Å²) in [4.78, 5) is 14.8. The first-order valence-electron chi connectivity index (χ1n) is 9.17. The van der Waals surface area contributed by atoms with E-state index in [-0.39, 0.29) is 30.1 Å². The molecule has 138 valence electrons. The van der Waals surface area contributed by atoms with Gasteiger partial charge in [-0.3, -0.25) is 9.69 Å². The van der Waals surface area contributed by atoms with Crippen LogP contribution in [0.2, 0.25) is 0 Å². The van der Waals surface area contributed by atoms with Gasteiger partial charge in [-0.1, -0.05) is 48.9 Å². The Labute approximate surface area is 154 Å². The zero-order valence-electron chi connectivity index (χ0n) is 14.9. The number of nitrogens with one attached hydrogen (secondary N) is 1. The number of halogens is 1. The molecule has 0 bridgehead atoms. The predicted molar refractivity (Wildman–Crippen MR) is 99.4 cm³/mol. The van der Waals surface area contributed by atoms with E-state index in [0.717, 1.165) is 32.4 Å². The average Bonchev–Trinajstić information content (AvgIpc) is 2.67. The van der Waals surface area contributed by atoms with E-state index >= 15 is 0 Å². The number of likely N-dealkylation sites (tertiary alicyclic amines) is 1. The summed E-state index contributed by atoms with van der Waals surface area (Å²) in [6, 6.07) is 16.4. The number of carbonyl (C=O) groups is 1. The molecule has 1 aliphatic rings. The van der Waals surface area contributed by atoms with E-state index in [1.807, 2.05) is 18.2 Å². The Balaban J connectivity index is 1.48. The third-order valence-electron chi connectivity index (χ3n) is 4.64. The molecule has 0 aliphatic carbocycles. The smallest absolute Gasteiger partial charge is 0.237 e. The van der Waals surface area contributed by atoms with E-state index in [2.05, 4.69) is 22.3 Å². The molecule has 0 unspecified atom stereocenters. The lowest BCUT2D eigenvalue weighted by Crippen LogP contribution is -2.49. The lowest BCUT2D eigenvalue weighted by Gasteiger charge is -2.34. The summed E-state index contributed by atoms with van der Waals surface area (Å²) in [7, 11) is 0. The highest BCUT2D eigenvalue weighted by molar-refractivity contribution is 5.81. The molecule has 26 heavy (non-hydrogen) atoms. The van der Waals surface area contributed by atoms with Gasteiger partial charge in [0.2, 0.25) is 5.91 Å². The molecule has 0 radical (unpaired) electrons. The topological polar surface area (TPSA) is 41.6 Å². The van der Waals surface area contributed by atoms with Gasteiger partial charge in [-0.05, 0) is 37.1 Å². The largest absolute Gasteiger partial charge is 0.489 e. The fourth-order valence-corrected chi connectivity index (χ4v) is 3.31. The van der Waals surface area contributed by atoms with Crippen LogP contribution in [0.25, 0.3) is 0 Å². The van der Waals surface area contributed by atoms with E-state index in [1.165, 1.54) is 11.6 Å². The zero-order valence-corrected chi connectivity index (χ0v) is 14.9. The van der Waals surface area contributed by atoms with Crippen LogP contribution in [-0.4, -0.2) is 36.5 Å². The lowest BCUT2D eigenvalue weighted by atomic mass is 10.0. The normalized spacial score (nSPS) is 17.7. The fourth-order valence-electron chi connectivity index (χ4n) is 3.31. The number of benzene rings is 2. The molecule has 0 aromatic heterocycles. The molecule has 1 amide bonds. The van der Waals surface area contributed by atoms with E-state index in [0.29, 0.717) is 6.54 Å². The van der Waals surface area contributed by atoms with Crippen molar-refractivity contribution in [3.05, 3.63) is 66.0 Å². The zero-order chi connectivity index (χ0) is 18.2. The third-order valence-corrected chi connectivity index (χ3v) is 4.64. The summed E-state index contributed by atoms with van der Waals surface area (Å²) >= 11 is 0. The first-order valence-corrected chi connectivity index (χ1v) is 9.17. The minimum Gasteiger partial charge on any atom is -0.489 e. The molecule has 0 spiro atoms. The quantitative estimate of drug-likeness (QED) is 0.774. The molecule has 1 atom stereocenters. The molecule has 0 saturated carbocycles. The predicted octanol–water partition coefficient (Wildman–Crippen LogP) is 3.38. The maximum absolute atomic E-state index is 13.5. The van der Waals surface area contributed by atoms with Crippen LogP contribution in [-0.2, 0) is 11.3 Å². The summed E-state index contributed by atoms with van der Waals surface area (Å²) in [5.74, 6) is -0.150. The lowest BCUT2D eigenvalue weighted by molar-refractivity contribution is -0.128. The number of ether oxygens (including phenoxy) is 1. The molecule has 1 saturated heterocycles. The van der Waals surface area contributed by atoms with Crippen LogP contribution in [0.5, 0.6) is 5.75 Å². The SMILES string of the molecule is O=C(NCCOc1ccccc1F)[C@H]1CCCCN1Cc1ccccc1. The second-order valence-corrected chi connectivity index (χ2v) is 6.54. The Kier molecular flexibility index (Phi) is 6.61. The number of piperidine rings is 1. The van der Waals surface area contributed by atoms with Crippen LogP contribution in [0, 0.1) is 5.82 Å². The van der Waals surface area contributed by atoms with Gasteiger partial charge in [-0.15, -0.1) is 0 Å². The number of nitrogens with zero attached hydrogens (tertiary/aromatic N) is 1. The van der Waals surface area contributed by atoms with Crippen molar-refractivity contribution in [1.82, 2.24) is 10.2 Å². The maximum Gasteiger partial charge on any atom is 0.237 e. The number of carbonyl (C=O) groups excluding carboxylic acids is 1. The van der Waals surface area contributed by atoms with E-state index < -0.39 is 0 Å². The van der Waals surface area contributed by atoms with Crippen molar-refractivity contribution in [2.75, 3.05) is 19.7 Å². The van der Waals surface area contributed by atoms with Gasteiger partial charge in [0.25, 0.3) is 0 Å². The molecule has 2 aromatic rings. The highest BCUT2D eigenvalue weighted by atomic mass is 19.1. The van der Waals surface area contributed by atoms with Crippen molar-refractivity contribution in [1.29, 1.82) is 0 Å². The number of para-hydroxylation sites is 1. The van der Waals surface area contributed by atoms with Gasteiger partial charge in [0.05, 0.1) is 12.6 Å². The van der Waals surface area contributed by atoms with Crippen LogP contribution in [0.3, 0.4) is 0 Å². The molecule has 1 aliphatic heterocycles. The van der Waals surface area contributed by atoms with Crippen LogP contribution in [0.15, 0.2) is 54.6 Å². The van der Waals surface area contributed by atoms with E-state index in [9.17, 15) is 9.18 Å². The minimum atomic E-state index is -0.389. The van der Waals surface area contributed by atoms with E-state index in [4.69, 9.17) is 4.74 Å². The summed E-state index contributed by atoms with van der Waals surface area (Å²) in [5.41, 5.74) is 1.22. The summed E-state index contributed by atoms with van der Waals surface area (Å²) in [6.45, 7) is 2.32. The molecule has 1 heterocycles. The number of hydrogen-bond donors (Lipinski definition) is 1. The monoisotopic (exact) mass is 356 g/mol. The molecule has 1 N–H and O–H groups in total. The van der Waals surface area contributed by atoms with Gasteiger partial charge in [-0.25, -0.2) is 4.39 Å². The molecular formula is C21H25FN2O2. The molecule has 2 aromatic carbocycles. The van der Waals surface area contributed by atoms with Crippen LogP contribution < -0.4 is 10.1 Å². The summed E-state index contributed by atoms with van der Waals surface area (Å²) in [5, 5.41) is 2.93. The maximum atomic E-state index is 13.5. The average molecular weight is 356 g/mol. The molecule has 1 fully saturated rings. The molecular weight excluding hydrogens is 331 g/mol. The van der Waals surface area contributed by atoms with Crippen molar-refractivity contribution in [3.8, 4) is 5.75 Å². The van der Waals surface area contributed by atoms with E-state index in [1.54, 1.807) is 18.2 Å². The van der Waals surface area contributed by atoms with Gasteiger partial charge in [0.15, 0.2) is 11.6 Å². The van der Waals surface area contributed by atoms with Gasteiger partial charge in [0.1, 0.15) is 6.61 Å². The Morgan fingerprint density at radius 3 is 2.69 bits per heavy atom. The first-order chi connectivity index (χ1) is 12.7. The van der Waals surface area contributed by atoms with Crippen molar-refractivity contribution < 1.29 is 13.9 Å². The second kappa shape index (κ2) is 9.34. The Morgan fingerprint density at radius 1 is 1.12 bits per heavy atom. The standard InChI is InChI=1S/C21H25FN2O2/c22-18-10-4-5-12-20(18)26-15-13-23-21(25)19-11-6-7-14-24(19)16-17-8-2-1-3-9-17/h1-5,8-10,12,19H,6-7,11,13-16H2,(H,23,25)/t19-/m1/s1. The van der Waals surface area contributed by atoms with Crippen LogP contribution in [0.4, 0.5) is 4.39 Å². The number of rotatable bonds is 7. The summed E-state index contributed by atoms with van der Waals surface area (Å²) in [6.07, 6.45) is 3.05. The Hall–Kier alpha value is -2.40. The Morgan fingerprint density at radius 2 is 1.88 bits per heavy atom. The van der Waals surface area contributed by atoms with Gasteiger partial charge < -0.3 is 10.1 Å². The van der Waals surface area contributed by atoms with Crippen LogP contribution in [0.1, 0.15) is 24.8 Å². The highest BCUT2D eigenvalue weighted by Crippen LogP contribution is 2.20. The summed E-state index contributed by atoms with van der Waals surface area (Å²) < 4.78 is 18.9. The van der Waals surface area contributed by atoms with Crippen LogP contribution >= 0.6 is 0 Å². The number of amides is 1. The minimum absolute atomic E-state index is 0.0257. The highest BCUT2D eigenvalue weighted by Gasteiger charge is 2.28. The molecule has 5 heteroatoms. The molecule has 3 rings (SSSR count). The van der Waals surface area contributed by atoms with Gasteiger partial charge >= 0.3 is 0 Å². The van der Waals surface area contributed by atoms with Crippen molar-refractivity contribution >= 4 is 5.91 Å². The Bertz CT molecular complexity index is 708. The second-order valence-electron chi connectivity index (χ2n) is 6.54. The van der Waals surface area contributed by atoms with Gasteiger partial charge in [0, 0.05) is 6.54 Å². The first kappa shape index (κ1) is 18.4.